The summed E-state index contributed by atoms with van der Waals surface area (Å²) in [6.07, 6.45) is 43.9. The average Bonchev–Trinajstić information content (AvgIpc) is 3.38. The lowest BCUT2D eigenvalue weighted by Crippen LogP contribution is -2.04. The highest BCUT2D eigenvalue weighted by molar-refractivity contribution is 5.75. The molecule has 2 aromatic rings. The minimum atomic E-state index is 1.14. The van der Waals surface area contributed by atoms with Crippen molar-refractivity contribution in [3.05, 3.63) is 30.1 Å². The first-order valence-corrected chi connectivity index (χ1v) is 19.8. The van der Waals surface area contributed by atoms with Crippen molar-refractivity contribution in [3.8, 4) is 0 Å². The average molecular weight is 595 g/mol. The number of nitrogens with zero attached hydrogens (tertiary/aromatic N) is 2. The Morgan fingerprint density at radius 2 is 0.767 bits per heavy atom. The van der Waals surface area contributed by atoms with Crippen LogP contribution in [-0.2, 0) is 13.0 Å². The number of aromatic nitrogens is 2. The molecule has 0 aliphatic rings. The Balaban J connectivity index is 1.48. The van der Waals surface area contributed by atoms with Gasteiger partial charge < -0.3 is 4.57 Å². The van der Waals surface area contributed by atoms with Crippen molar-refractivity contribution >= 4 is 11.0 Å². The third kappa shape index (κ3) is 19.6. The van der Waals surface area contributed by atoms with Crippen molar-refractivity contribution < 1.29 is 0 Å². The summed E-state index contributed by atoms with van der Waals surface area (Å²) in [6, 6.07) is 8.81. The lowest BCUT2D eigenvalue weighted by molar-refractivity contribution is 0.517. The fourth-order valence-corrected chi connectivity index (χ4v) is 6.86. The number of fused-ring (bicyclic) bond motifs is 1. The van der Waals surface area contributed by atoms with E-state index in [9.17, 15) is 0 Å². The second-order valence-electron chi connectivity index (χ2n) is 13.8. The molecule has 0 saturated carbocycles. The molecule has 0 amide bonds. The van der Waals surface area contributed by atoms with Crippen LogP contribution < -0.4 is 0 Å². The van der Waals surface area contributed by atoms with E-state index in [1.54, 1.807) is 0 Å². The predicted molar refractivity (Wildman–Crippen MR) is 193 cm³/mol. The topological polar surface area (TPSA) is 17.8 Å². The molecule has 0 spiro atoms. The maximum atomic E-state index is 5.07. The minimum absolute atomic E-state index is 1.14. The Morgan fingerprint density at radius 1 is 0.419 bits per heavy atom. The molecule has 1 aromatic heterocycles. The number of imidazole rings is 1. The summed E-state index contributed by atoms with van der Waals surface area (Å²) < 4.78 is 2.56. The highest BCUT2D eigenvalue weighted by Crippen LogP contribution is 2.21. The van der Waals surface area contributed by atoms with Gasteiger partial charge in [0.25, 0.3) is 0 Å². The summed E-state index contributed by atoms with van der Waals surface area (Å²) in [5.74, 6) is 1.33. The van der Waals surface area contributed by atoms with Gasteiger partial charge in [0.2, 0.25) is 0 Å². The van der Waals surface area contributed by atoms with Crippen LogP contribution in [0.3, 0.4) is 0 Å². The fourth-order valence-electron chi connectivity index (χ4n) is 6.86. The number of hydrogen-bond acceptors (Lipinski definition) is 1. The molecule has 43 heavy (non-hydrogen) atoms. The number of hydrogen-bond donors (Lipinski definition) is 0. The van der Waals surface area contributed by atoms with E-state index in [4.69, 9.17) is 4.98 Å². The Labute approximate surface area is 269 Å². The highest BCUT2D eigenvalue weighted by atomic mass is 15.1. The molecule has 0 unspecified atom stereocenters. The first kappa shape index (κ1) is 37.9. The van der Waals surface area contributed by atoms with Crippen LogP contribution in [0.4, 0.5) is 0 Å². The number of aryl methyl sites for hydroxylation is 2. The van der Waals surface area contributed by atoms with E-state index in [0.29, 0.717) is 0 Å². The van der Waals surface area contributed by atoms with Crippen molar-refractivity contribution in [1.29, 1.82) is 0 Å². The first-order valence-electron chi connectivity index (χ1n) is 19.8. The van der Waals surface area contributed by atoms with Crippen LogP contribution >= 0.6 is 0 Å². The van der Waals surface area contributed by atoms with Crippen molar-refractivity contribution in [2.45, 2.75) is 219 Å². The second-order valence-corrected chi connectivity index (χ2v) is 13.8. The smallest absolute Gasteiger partial charge is 0.109 e. The second kappa shape index (κ2) is 28.2. The van der Waals surface area contributed by atoms with Gasteiger partial charge in [0.1, 0.15) is 5.82 Å². The molecule has 0 bridgehead atoms. The monoisotopic (exact) mass is 595 g/mol. The third-order valence-corrected chi connectivity index (χ3v) is 9.72. The van der Waals surface area contributed by atoms with Gasteiger partial charge in [-0.1, -0.05) is 206 Å². The van der Waals surface area contributed by atoms with E-state index >= 15 is 0 Å². The predicted octanol–water partition coefficient (Wildman–Crippen LogP) is 14.3. The van der Waals surface area contributed by atoms with E-state index in [1.165, 1.54) is 209 Å². The maximum absolute atomic E-state index is 5.07. The summed E-state index contributed by atoms with van der Waals surface area (Å²) in [4.78, 5) is 5.07. The van der Waals surface area contributed by atoms with Crippen LogP contribution in [-0.4, -0.2) is 9.55 Å². The molecular formula is C41H74N2. The lowest BCUT2D eigenvalue weighted by atomic mass is 10.0. The molecular weight excluding hydrogens is 520 g/mol. The molecule has 0 aliphatic carbocycles. The van der Waals surface area contributed by atoms with Gasteiger partial charge in [0.05, 0.1) is 11.0 Å². The minimum Gasteiger partial charge on any atom is -0.328 e. The molecule has 2 rings (SSSR count). The first-order chi connectivity index (χ1) is 21.4. The van der Waals surface area contributed by atoms with Crippen molar-refractivity contribution in [2.24, 2.45) is 0 Å². The maximum Gasteiger partial charge on any atom is 0.109 e. The largest absolute Gasteiger partial charge is 0.328 e. The van der Waals surface area contributed by atoms with E-state index in [2.05, 4.69) is 42.7 Å². The van der Waals surface area contributed by atoms with Gasteiger partial charge in [-0.3, -0.25) is 0 Å². The van der Waals surface area contributed by atoms with Crippen LogP contribution in [0.25, 0.3) is 11.0 Å². The number of rotatable bonds is 32. The zero-order valence-corrected chi connectivity index (χ0v) is 29.3. The molecule has 1 aromatic carbocycles. The van der Waals surface area contributed by atoms with Gasteiger partial charge in [-0.05, 0) is 25.0 Å². The highest BCUT2D eigenvalue weighted by Gasteiger charge is 2.10. The quantitative estimate of drug-likeness (QED) is 0.0770. The van der Waals surface area contributed by atoms with Crippen LogP contribution in [0.15, 0.2) is 24.3 Å². The molecule has 0 radical (unpaired) electrons. The third-order valence-electron chi connectivity index (χ3n) is 9.72. The molecule has 0 fully saturated rings. The van der Waals surface area contributed by atoms with Gasteiger partial charge in [-0.25, -0.2) is 4.98 Å². The van der Waals surface area contributed by atoms with Crippen molar-refractivity contribution in [1.82, 2.24) is 9.55 Å². The van der Waals surface area contributed by atoms with Gasteiger partial charge >= 0.3 is 0 Å². The van der Waals surface area contributed by atoms with Crippen LogP contribution in [0.1, 0.15) is 212 Å². The molecule has 2 nitrogen and oxygen atoms in total. The van der Waals surface area contributed by atoms with Gasteiger partial charge in [0, 0.05) is 13.0 Å². The van der Waals surface area contributed by atoms with Gasteiger partial charge in [-0.15, -0.1) is 0 Å². The molecule has 0 atom stereocenters. The summed E-state index contributed by atoms with van der Waals surface area (Å²) in [6.45, 7) is 5.76. The van der Waals surface area contributed by atoms with E-state index in [0.717, 1.165) is 13.0 Å². The molecule has 0 aliphatic heterocycles. The zero-order valence-electron chi connectivity index (χ0n) is 29.3. The molecule has 2 heteroatoms. The Morgan fingerprint density at radius 3 is 1.19 bits per heavy atom. The SMILES string of the molecule is CCCCCCCCCCCCCCCCCc1nc2ccccc2n1CCCCCCCCCCCCCCCCC. The Kier molecular flexibility index (Phi) is 24.8. The van der Waals surface area contributed by atoms with E-state index < -0.39 is 0 Å². The number of unbranched alkanes of at least 4 members (excludes halogenated alkanes) is 28. The van der Waals surface area contributed by atoms with Gasteiger partial charge in [0.15, 0.2) is 0 Å². The fraction of sp³-hybridized carbons (Fsp3) is 0.829. The Bertz CT molecular complexity index is 853. The van der Waals surface area contributed by atoms with Gasteiger partial charge in [-0.2, -0.15) is 0 Å². The van der Waals surface area contributed by atoms with Crippen molar-refractivity contribution in [3.63, 3.8) is 0 Å². The molecule has 0 saturated heterocycles. The van der Waals surface area contributed by atoms with Crippen LogP contribution in [0.2, 0.25) is 0 Å². The zero-order chi connectivity index (χ0) is 30.5. The Hall–Kier alpha value is -1.31. The molecule has 248 valence electrons. The standard InChI is InChI=1S/C41H74N2/c1-3-5-7-9-11-13-15-17-19-21-23-25-27-29-31-37-41-42-39-35-32-33-36-40(39)43(41)38-34-30-28-26-24-22-20-18-16-14-12-10-8-6-4-2/h32-33,35-36H,3-31,34,37-38H2,1-2H3. The van der Waals surface area contributed by atoms with Crippen LogP contribution in [0.5, 0.6) is 0 Å². The summed E-state index contributed by atoms with van der Waals surface area (Å²) in [7, 11) is 0. The number of para-hydroxylation sites is 2. The van der Waals surface area contributed by atoms with Crippen molar-refractivity contribution in [2.75, 3.05) is 0 Å². The number of benzene rings is 1. The molecule has 0 N–H and O–H groups in total. The molecule has 1 heterocycles. The summed E-state index contributed by atoms with van der Waals surface area (Å²) in [5, 5.41) is 0. The lowest BCUT2D eigenvalue weighted by Gasteiger charge is -2.10. The van der Waals surface area contributed by atoms with Crippen LogP contribution in [0, 0.1) is 0 Å². The summed E-state index contributed by atoms with van der Waals surface area (Å²) >= 11 is 0. The van der Waals surface area contributed by atoms with E-state index in [-0.39, 0.29) is 0 Å². The van der Waals surface area contributed by atoms with E-state index in [1.807, 2.05) is 0 Å². The summed E-state index contributed by atoms with van der Waals surface area (Å²) in [5.41, 5.74) is 2.54. The normalized spacial score (nSPS) is 11.7.